The Balaban J connectivity index is 1.43. The minimum Gasteiger partial charge on any atom is -0.339 e. The summed E-state index contributed by atoms with van der Waals surface area (Å²) in [6, 6.07) is 8.48. The van der Waals surface area contributed by atoms with Crippen LogP contribution in [0.25, 0.3) is 0 Å². The predicted octanol–water partition coefficient (Wildman–Crippen LogP) is 1.78. The lowest BCUT2D eigenvalue weighted by Gasteiger charge is -2.25. The zero-order chi connectivity index (χ0) is 15.4. The van der Waals surface area contributed by atoms with Crippen LogP contribution in [0.4, 0.5) is 4.79 Å². The van der Waals surface area contributed by atoms with E-state index in [1.807, 2.05) is 6.07 Å². The second-order valence-electron chi connectivity index (χ2n) is 5.59. The van der Waals surface area contributed by atoms with Crippen LogP contribution >= 0.6 is 0 Å². The molecule has 2 aromatic rings. The maximum atomic E-state index is 11.9. The molecule has 0 fully saturated rings. The van der Waals surface area contributed by atoms with Gasteiger partial charge >= 0.3 is 6.03 Å². The Morgan fingerprint density at radius 2 is 2.18 bits per heavy atom. The highest BCUT2D eigenvalue weighted by Gasteiger charge is 2.19. The average molecular weight is 300 g/mol. The fourth-order valence-electron chi connectivity index (χ4n) is 2.78. The average Bonchev–Trinajstić information content (AvgIpc) is 2.92. The lowest BCUT2D eigenvalue weighted by molar-refractivity contribution is 0.235. The lowest BCUT2D eigenvalue weighted by Crippen LogP contribution is -2.45. The lowest BCUT2D eigenvalue weighted by atomic mass is 9.88. The van der Waals surface area contributed by atoms with E-state index in [4.69, 9.17) is 4.52 Å². The summed E-state index contributed by atoms with van der Waals surface area (Å²) in [5.74, 6) is 1.16. The molecule has 1 heterocycles. The molecule has 116 valence electrons. The van der Waals surface area contributed by atoms with Crippen molar-refractivity contribution in [2.75, 3.05) is 6.54 Å². The molecule has 0 saturated carbocycles. The molecule has 1 aromatic carbocycles. The topological polar surface area (TPSA) is 80.0 Å². The van der Waals surface area contributed by atoms with E-state index in [1.54, 1.807) is 6.92 Å². The fraction of sp³-hybridized carbons (Fsp3) is 0.438. The van der Waals surface area contributed by atoms with Gasteiger partial charge in [0.2, 0.25) is 5.89 Å². The van der Waals surface area contributed by atoms with Crippen molar-refractivity contribution in [2.45, 2.75) is 38.6 Å². The largest absolute Gasteiger partial charge is 0.339 e. The number of carbonyl (C=O) groups is 1. The first-order chi connectivity index (χ1) is 10.7. The van der Waals surface area contributed by atoms with E-state index in [0.717, 1.165) is 19.3 Å². The van der Waals surface area contributed by atoms with Gasteiger partial charge in [-0.2, -0.15) is 4.98 Å². The number of hydrogen-bond donors (Lipinski definition) is 2. The van der Waals surface area contributed by atoms with Crippen molar-refractivity contribution in [2.24, 2.45) is 0 Å². The third-order valence-corrected chi connectivity index (χ3v) is 3.88. The van der Waals surface area contributed by atoms with Crippen molar-refractivity contribution in [3.8, 4) is 0 Å². The van der Waals surface area contributed by atoms with Gasteiger partial charge in [0.15, 0.2) is 5.82 Å². The number of rotatable bonds is 4. The molecule has 1 unspecified atom stereocenters. The zero-order valence-electron chi connectivity index (χ0n) is 12.6. The molecule has 3 rings (SSSR count). The van der Waals surface area contributed by atoms with E-state index < -0.39 is 0 Å². The number of aryl methyl sites for hydroxylation is 2. The minimum absolute atomic E-state index is 0.138. The monoisotopic (exact) mass is 300 g/mol. The van der Waals surface area contributed by atoms with Gasteiger partial charge in [-0.1, -0.05) is 29.4 Å². The normalized spacial score (nSPS) is 16.9. The summed E-state index contributed by atoms with van der Waals surface area (Å²) in [4.78, 5) is 16.0. The van der Waals surface area contributed by atoms with E-state index in [1.165, 1.54) is 11.1 Å². The summed E-state index contributed by atoms with van der Waals surface area (Å²) in [6.07, 6.45) is 3.43. The second kappa shape index (κ2) is 6.60. The zero-order valence-corrected chi connectivity index (χ0v) is 12.6. The molecule has 0 saturated heterocycles. The Hall–Kier alpha value is -2.37. The van der Waals surface area contributed by atoms with Gasteiger partial charge in [-0.3, -0.25) is 0 Å². The van der Waals surface area contributed by atoms with Gasteiger partial charge in [0, 0.05) is 19.0 Å². The highest BCUT2D eigenvalue weighted by atomic mass is 16.5. The Morgan fingerprint density at radius 1 is 1.36 bits per heavy atom. The van der Waals surface area contributed by atoms with Gasteiger partial charge in [-0.25, -0.2) is 4.79 Å². The Bertz CT molecular complexity index is 653. The van der Waals surface area contributed by atoms with Crippen molar-refractivity contribution in [1.29, 1.82) is 0 Å². The third-order valence-electron chi connectivity index (χ3n) is 3.88. The maximum absolute atomic E-state index is 11.9. The van der Waals surface area contributed by atoms with Crippen LogP contribution in [0.15, 0.2) is 28.8 Å². The third kappa shape index (κ3) is 3.63. The highest BCUT2D eigenvalue weighted by molar-refractivity contribution is 5.74. The molecule has 2 amide bonds. The van der Waals surface area contributed by atoms with E-state index >= 15 is 0 Å². The van der Waals surface area contributed by atoms with Crippen molar-refractivity contribution < 1.29 is 9.32 Å². The van der Waals surface area contributed by atoms with Crippen LogP contribution < -0.4 is 10.6 Å². The van der Waals surface area contributed by atoms with E-state index in [9.17, 15) is 4.79 Å². The molecule has 22 heavy (non-hydrogen) atoms. The van der Waals surface area contributed by atoms with Crippen molar-refractivity contribution in [3.63, 3.8) is 0 Å². The molecular formula is C16H20N4O2. The summed E-state index contributed by atoms with van der Waals surface area (Å²) in [7, 11) is 0. The smallest absolute Gasteiger partial charge is 0.315 e. The van der Waals surface area contributed by atoms with Gasteiger partial charge in [-0.05, 0) is 37.3 Å². The summed E-state index contributed by atoms with van der Waals surface area (Å²) in [6.45, 7) is 2.25. The number of carbonyl (C=O) groups excluding carboxylic acids is 1. The highest BCUT2D eigenvalue weighted by Crippen LogP contribution is 2.20. The molecule has 1 aliphatic carbocycles. The van der Waals surface area contributed by atoms with Crippen molar-refractivity contribution in [1.82, 2.24) is 20.8 Å². The number of nitrogens with zero attached hydrogens (tertiary/aromatic N) is 2. The second-order valence-corrected chi connectivity index (χ2v) is 5.59. The SMILES string of the molecule is Cc1noc(CCNC(=O)NC2CCc3ccccc3C2)n1. The van der Waals surface area contributed by atoms with Crippen LogP contribution in [0.3, 0.4) is 0 Å². The molecule has 0 radical (unpaired) electrons. The van der Waals surface area contributed by atoms with Crippen LogP contribution in [-0.2, 0) is 19.3 Å². The summed E-state index contributed by atoms with van der Waals surface area (Å²) < 4.78 is 5.00. The van der Waals surface area contributed by atoms with Gasteiger partial charge in [0.25, 0.3) is 0 Å². The quantitative estimate of drug-likeness (QED) is 0.902. The van der Waals surface area contributed by atoms with E-state index in [2.05, 4.69) is 39.0 Å². The minimum atomic E-state index is -0.138. The first-order valence-corrected chi connectivity index (χ1v) is 7.61. The number of benzene rings is 1. The van der Waals surface area contributed by atoms with Crippen molar-refractivity contribution >= 4 is 6.03 Å². The number of amides is 2. The molecule has 1 aliphatic rings. The number of urea groups is 1. The van der Waals surface area contributed by atoms with Gasteiger partial charge in [-0.15, -0.1) is 0 Å². The molecule has 1 atom stereocenters. The van der Waals surface area contributed by atoms with Crippen LogP contribution in [0.5, 0.6) is 0 Å². The number of aromatic nitrogens is 2. The fourth-order valence-corrected chi connectivity index (χ4v) is 2.78. The molecule has 6 heteroatoms. The first kappa shape index (κ1) is 14.6. The standard InChI is InChI=1S/C16H20N4O2/c1-11-18-15(22-20-11)8-9-17-16(21)19-14-7-6-12-4-2-3-5-13(12)10-14/h2-5,14H,6-10H2,1H3,(H2,17,19,21). The van der Waals surface area contributed by atoms with Crippen LogP contribution in [0.2, 0.25) is 0 Å². The molecule has 2 N–H and O–H groups in total. The number of nitrogens with one attached hydrogen (secondary N) is 2. The van der Waals surface area contributed by atoms with Crippen LogP contribution in [0, 0.1) is 6.92 Å². The summed E-state index contributed by atoms with van der Waals surface area (Å²) in [5.41, 5.74) is 2.73. The number of hydrogen-bond acceptors (Lipinski definition) is 4. The van der Waals surface area contributed by atoms with Gasteiger partial charge < -0.3 is 15.2 Å². The van der Waals surface area contributed by atoms with Crippen LogP contribution in [-0.4, -0.2) is 28.8 Å². The van der Waals surface area contributed by atoms with Crippen molar-refractivity contribution in [3.05, 3.63) is 47.1 Å². The molecule has 0 spiro atoms. The first-order valence-electron chi connectivity index (χ1n) is 7.61. The van der Waals surface area contributed by atoms with Crippen LogP contribution in [0.1, 0.15) is 29.3 Å². The Labute approximate surface area is 129 Å². The molecular weight excluding hydrogens is 280 g/mol. The van der Waals surface area contributed by atoms with E-state index in [0.29, 0.717) is 24.7 Å². The van der Waals surface area contributed by atoms with E-state index in [-0.39, 0.29) is 12.1 Å². The molecule has 1 aromatic heterocycles. The summed E-state index contributed by atoms with van der Waals surface area (Å²) in [5, 5.41) is 9.58. The Kier molecular flexibility index (Phi) is 4.37. The van der Waals surface area contributed by atoms with Gasteiger partial charge in [0.1, 0.15) is 0 Å². The summed E-state index contributed by atoms with van der Waals surface area (Å²) >= 11 is 0. The Morgan fingerprint density at radius 3 is 2.95 bits per heavy atom. The van der Waals surface area contributed by atoms with Gasteiger partial charge in [0.05, 0.1) is 0 Å². The predicted molar refractivity (Wildman–Crippen MR) is 81.5 cm³/mol. The maximum Gasteiger partial charge on any atom is 0.315 e. The molecule has 0 bridgehead atoms. The molecule has 6 nitrogen and oxygen atoms in total. The number of fused-ring (bicyclic) bond motifs is 1. The molecule has 0 aliphatic heterocycles.